The number of ether oxygens (including phenoxy) is 2. The van der Waals surface area contributed by atoms with Crippen LogP contribution in [0.1, 0.15) is 16.1 Å². The minimum absolute atomic E-state index is 0.240. The number of carbonyl (C=O) groups excluding carboxylic acids is 1. The Hall–Kier alpha value is -1.69. The van der Waals surface area contributed by atoms with Gasteiger partial charge in [-0.3, -0.25) is 0 Å². The molecule has 0 unspecified atom stereocenters. The summed E-state index contributed by atoms with van der Waals surface area (Å²) >= 11 is 3.08. The van der Waals surface area contributed by atoms with Gasteiger partial charge in [0.2, 0.25) is 0 Å². The topological polar surface area (TPSA) is 60.8 Å². The predicted molar refractivity (Wildman–Crippen MR) is 68.0 cm³/mol. The molecule has 1 heterocycles. The zero-order valence-corrected chi connectivity index (χ0v) is 10.8. The highest BCUT2D eigenvalue weighted by Gasteiger charge is 2.06. The molecule has 0 fully saturated rings. The number of alkyl halides is 1. The minimum Gasteiger partial charge on any atom is -0.472 e. The van der Waals surface area contributed by atoms with Crippen LogP contribution in [0.25, 0.3) is 5.70 Å². The Kier molecular flexibility index (Phi) is 5.35. The zero-order chi connectivity index (χ0) is 12.7. The largest absolute Gasteiger partial charge is 0.472 e. The maximum atomic E-state index is 11.1. The number of pyridine rings is 1. The van der Waals surface area contributed by atoms with Gasteiger partial charge in [-0.25, -0.2) is 14.8 Å². The Morgan fingerprint density at radius 1 is 1.65 bits per heavy atom. The monoisotopic (exact) mass is 298 g/mol. The van der Waals surface area contributed by atoms with Gasteiger partial charge >= 0.3 is 5.97 Å². The molecule has 17 heavy (non-hydrogen) atoms. The first-order chi connectivity index (χ1) is 8.19. The molecule has 1 rings (SSSR count). The molecule has 0 radical (unpaired) electrons. The number of methoxy groups -OCH3 is 1. The molecule has 0 atom stereocenters. The van der Waals surface area contributed by atoms with Gasteiger partial charge in [0.1, 0.15) is 11.2 Å². The normalized spacial score (nSPS) is 10.2. The lowest BCUT2D eigenvalue weighted by atomic mass is 10.2. The van der Waals surface area contributed by atoms with E-state index in [4.69, 9.17) is 4.74 Å². The molecule has 6 heteroatoms. The summed E-state index contributed by atoms with van der Waals surface area (Å²) < 4.78 is 9.41. The second-order valence-corrected chi connectivity index (χ2v) is 3.34. The molecule has 1 aromatic rings. The van der Waals surface area contributed by atoms with Crippen LogP contribution < -0.4 is 0 Å². The van der Waals surface area contributed by atoms with E-state index in [1.54, 1.807) is 12.1 Å². The number of hydrogen-bond donors (Lipinski definition) is 0. The summed E-state index contributed by atoms with van der Waals surface area (Å²) in [6.45, 7) is 3.74. The van der Waals surface area contributed by atoms with Gasteiger partial charge in [-0.15, -0.1) is 0 Å². The van der Waals surface area contributed by atoms with E-state index in [2.05, 4.69) is 37.2 Å². The van der Waals surface area contributed by atoms with E-state index in [0.29, 0.717) is 16.8 Å². The van der Waals surface area contributed by atoms with E-state index >= 15 is 0 Å². The van der Waals surface area contributed by atoms with Crippen molar-refractivity contribution in [2.45, 2.75) is 0 Å². The Balaban J connectivity index is 2.74. The van der Waals surface area contributed by atoms with E-state index in [9.17, 15) is 4.79 Å². The average Bonchev–Trinajstić information content (AvgIpc) is 2.38. The quantitative estimate of drug-likeness (QED) is 0.362. The SMILES string of the molecule is C=C(N=COCBr)c1ccc(C(=O)OC)nc1. The summed E-state index contributed by atoms with van der Waals surface area (Å²) in [5.74, 6) is -0.478. The van der Waals surface area contributed by atoms with Gasteiger partial charge in [0.25, 0.3) is 0 Å². The van der Waals surface area contributed by atoms with E-state index < -0.39 is 5.97 Å². The Morgan fingerprint density at radius 2 is 2.41 bits per heavy atom. The molecule has 0 bridgehead atoms. The van der Waals surface area contributed by atoms with E-state index in [0.717, 1.165) is 0 Å². The maximum absolute atomic E-state index is 11.1. The highest BCUT2D eigenvalue weighted by Crippen LogP contribution is 2.12. The molecule has 5 nitrogen and oxygen atoms in total. The fourth-order valence-corrected chi connectivity index (χ4v) is 1.11. The summed E-state index contributed by atoms with van der Waals surface area (Å²) in [5.41, 5.74) is 1.80. The lowest BCUT2D eigenvalue weighted by Gasteiger charge is -2.01. The van der Waals surface area contributed by atoms with Crippen molar-refractivity contribution in [2.75, 3.05) is 12.6 Å². The van der Waals surface area contributed by atoms with Crippen LogP contribution >= 0.6 is 15.9 Å². The number of esters is 1. The average molecular weight is 299 g/mol. The molecular formula is C11H11BrN2O3. The Bertz CT molecular complexity index is 429. The fraction of sp³-hybridized carbons (Fsp3) is 0.182. The summed E-state index contributed by atoms with van der Waals surface area (Å²) in [6.07, 6.45) is 2.78. The van der Waals surface area contributed by atoms with Gasteiger partial charge in [0.15, 0.2) is 6.40 Å². The van der Waals surface area contributed by atoms with Gasteiger partial charge in [-0.05, 0) is 28.1 Å². The van der Waals surface area contributed by atoms with Crippen molar-refractivity contribution in [3.8, 4) is 0 Å². The molecule has 0 aliphatic rings. The summed E-state index contributed by atoms with van der Waals surface area (Å²) in [7, 11) is 1.30. The van der Waals surface area contributed by atoms with Gasteiger partial charge < -0.3 is 9.47 Å². The molecule has 0 amide bonds. The zero-order valence-electron chi connectivity index (χ0n) is 9.22. The van der Waals surface area contributed by atoms with Crippen molar-refractivity contribution < 1.29 is 14.3 Å². The molecule has 90 valence electrons. The van der Waals surface area contributed by atoms with Crippen LogP contribution in [0.5, 0.6) is 0 Å². The van der Waals surface area contributed by atoms with Gasteiger partial charge in [0, 0.05) is 11.8 Å². The fourth-order valence-electron chi connectivity index (χ4n) is 0.993. The molecular weight excluding hydrogens is 288 g/mol. The molecule has 0 spiro atoms. The van der Waals surface area contributed by atoms with Crippen molar-refractivity contribution in [3.05, 3.63) is 36.2 Å². The number of aromatic nitrogens is 1. The number of carbonyl (C=O) groups is 1. The van der Waals surface area contributed by atoms with Gasteiger partial charge in [-0.2, -0.15) is 0 Å². The van der Waals surface area contributed by atoms with E-state index in [1.807, 2.05) is 0 Å². The summed E-state index contributed by atoms with van der Waals surface area (Å²) in [5, 5.41) is 0. The molecule has 1 aromatic heterocycles. The first-order valence-electron chi connectivity index (χ1n) is 4.62. The van der Waals surface area contributed by atoms with Crippen molar-refractivity contribution in [1.82, 2.24) is 4.98 Å². The van der Waals surface area contributed by atoms with Crippen LogP contribution in [0.15, 0.2) is 29.9 Å². The number of rotatable bonds is 5. The van der Waals surface area contributed by atoms with Crippen molar-refractivity contribution in [1.29, 1.82) is 0 Å². The van der Waals surface area contributed by atoms with Crippen LogP contribution in [0.2, 0.25) is 0 Å². The molecule has 0 saturated heterocycles. The van der Waals surface area contributed by atoms with E-state index in [1.165, 1.54) is 19.7 Å². The number of hydrogen-bond acceptors (Lipinski definition) is 5. The molecule has 0 aromatic carbocycles. The standard InChI is InChI=1S/C11H11BrN2O3/c1-8(14-7-17-6-12)9-3-4-10(13-5-9)11(15)16-2/h3-5,7H,1,6H2,2H3. The second kappa shape index (κ2) is 6.80. The van der Waals surface area contributed by atoms with Gasteiger partial charge in [0.05, 0.1) is 12.8 Å². The predicted octanol–water partition coefficient (Wildman–Crippen LogP) is 2.24. The van der Waals surface area contributed by atoms with Crippen LogP contribution in [-0.2, 0) is 9.47 Å². The molecule has 0 saturated carbocycles. The van der Waals surface area contributed by atoms with Crippen LogP contribution in [0.3, 0.4) is 0 Å². The van der Waals surface area contributed by atoms with Crippen LogP contribution in [0.4, 0.5) is 0 Å². The van der Waals surface area contributed by atoms with Crippen molar-refractivity contribution in [3.63, 3.8) is 0 Å². The lowest BCUT2D eigenvalue weighted by Crippen LogP contribution is -2.03. The highest BCUT2D eigenvalue weighted by atomic mass is 79.9. The Labute approximate surface area is 107 Å². The third-order valence-electron chi connectivity index (χ3n) is 1.84. The third kappa shape index (κ3) is 3.99. The van der Waals surface area contributed by atoms with Crippen molar-refractivity contribution in [2.24, 2.45) is 4.99 Å². The maximum Gasteiger partial charge on any atom is 0.356 e. The third-order valence-corrected chi connectivity index (χ3v) is 2.10. The highest BCUT2D eigenvalue weighted by molar-refractivity contribution is 9.09. The number of halogens is 1. The number of nitrogens with zero attached hydrogens (tertiary/aromatic N) is 2. The first kappa shape index (κ1) is 13.4. The minimum atomic E-state index is -0.478. The molecule has 0 aliphatic heterocycles. The molecule has 0 N–H and O–H groups in total. The second-order valence-electron chi connectivity index (χ2n) is 2.88. The smallest absolute Gasteiger partial charge is 0.356 e. The molecule has 0 aliphatic carbocycles. The van der Waals surface area contributed by atoms with E-state index in [-0.39, 0.29) is 5.69 Å². The summed E-state index contributed by atoms with van der Waals surface area (Å²) in [6, 6.07) is 3.24. The number of aliphatic imine (C=N–C) groups is 1. The lowest BCUT2D eigenvalue weighted by molar-refractivity contribution is 0.0594. The van der Waals surface area contributed by atoms with Crippen LogP contribution in [0, 0.1) is 0 Å². The van der Waals surface area contributed by atoms with Crippen molar-refractivity contribution >= 4 is 34.0 Å². The Morgan fingerprint density at radius 3 is 2.94 bits per heavy atom. The van der Waals surface area contributed by atoms with Crippen LogP contribution in [-0.4, -0.2) is 30.0 Å². The van der Waals surface area contributed by atoms with Gasteiger partial charge in [-0.1, -0.05) is 6.58 Å². The summed E-state index contributed by atoms with van der Waals surface area (Å²) in [4.78, 5) is 19.0. The first-order valence-corrected chi connectivity index (χ1v) is 5.75.